The van der Waals surface area contributed by atoms with Gasteiger partial charge in [-0.05, 0) is 15.9 Å². The van der Waals surface area contributed by atoms with Gasteiger partial charge in [-0.25, -0.2) is 9.97 Å². The predicted molar refractivity (Wildman–Crippen MR) is 58.7 cm³/mol. The zero-order valence-corrected chi connectivity index (χ0v) is 9.88. The number of β-amino-alcohol motifs (C(OH)–C–C–N with tert-alkyl or cyclic N) is 1. The van der Waals surface area contributed by atoms with Crippen molar-refractivity contribution in [2.24, 2.45) is 0 Å². The largest absolute Gasteiger partial charge is 0.388 e. The summed E-state index contributed by atoms with van der Waals surface area (Å²) in [5.41, 5.74) is 0. The molecule has 0 spiro atoms. The molecule has 1 aliphatic rings. The zero-order valence-electron chi connectivity index (χ0n) is 8.30. The normalized spacial score (nSPS) is 25.9. The van der Waals surface area contributed by atoms with Crippen LogP contribution < -0.4 is 4.90 Å². The number of aliphatic hydroxyl groups is 1. The van der Waals surface area contributed by atoms with Crippen LogP contribution in [0.1, 0.15) is 0 Å². The molecule has 2 unspecified atom stereocenters. The van der Waals surface area contributed by atoms with E-state index in [0.717, 1.165) is 4.47 Å². The fraction of sp³-hybridized carbons (Fsp3) is 0.556. The van der Waals surface area contributed by atoms with Gasteiger partial charge in [0.15, 0.2) is 0 Å². The number of ether oxygens (including phenoxy) is 1. The van der Waals surface area contributed by atoms with Crippen molar-refractivity contribution >= 4 is 21.9 Å². The molecule has 2 heterocycles. The van der Waals surface area contributed by atoms with Crippen molar-refractivity contribution in [2.75, 3.05) is 25.1 Å². The Labute approximate surface area is 96.2 Å². The smallest absolute Gasteiger partial charge is 0.225 e. The van der Waals surface area contributed by atoms with Crippen molar-refractivity contribution in [2.45, 2.75) is 12.2 Å². The highest BCUT2D eigenvalue weighted by molar-refractivity contribution is 9.10. The molecule has 6 heteroatoms. The van der Waals surface area contributed by atoms with Gasteiger partial charge in [0.25, 0.3) is 0 Å². The first-order valence-corrected chi connectivity index (χ1v) is 5.43. The minimum absolute atomic E-state index is 0.155. The van der Waals surface area contributed by atoms with E-state index in [-0.39, 0.29) is 6.10 Å². The first kappa shape index (κ1) is 10.8. The molecule has 0 aromatic carbocycles. The zero-order chi connectivity index (χ0) is 10.8. The maximum Gasteiger partial charge on any atom is 0.225 e. The molecule has 1 aromatic heterocycles. The first-order chi connectivity index (χ1) is 7.20. The van der Waals surface area contributed by atoms with Gasteiger partial charge in [0.2, 0.25) is 5.95 Å². The minimum Gasteiger partial charge on any atom is -0.388 e. The Balaban J connectivity index is 2.10. The fourth-order valence-electron chi connectivity index (χ4n) is 1.62. The molecule has 1 aliphatic heterocycles. The van der Waals surface area contributed by atoms with Crippen LogP contribution >= 0.6 is 15.9 Å². The van der Waals surface area contributed by atoms with Crippen molar-refractivity contribution < 1.29 is 9.84 Å². The van der Waals surface area contributed by atoms with Gasteiger partial charge in [0, 0.05) is 32.6 Å². The average Bonchev–Trinajstić information content (AvgIpc) is 2.61. The third-order valence-electron chi connectivity index (χ3n) is 2.43. The van der Waals surface area contributed by atoms with Gasteiger partial charge in [-0.1, -0.05) is 0 Å². The number of aliphatic hydroxyl groups excluding tert-OH is 1. The summed E-state index contributed by atoms with van der Waals surface area (Å²) in [7, 11) is 1.60. The third kappa shape index (κ3) is 2.27. The van der Waals surface area contributed by atoms with Crippen molar-refractivity contribution in [3.05, 3.63) is 16.9 Å². The maximum absolute atomic E-state index is 9.64. The Hall–Kier alpha value is -0.720. The number of nitrogens with zero attached hydrogens (tertiary/aromatic N) is 3. The van der Waals surface area contributed by atoms with Crippen LogP contribution in [-0.2, 0) is 4.74 Å². The van der Waals surface area contributed by atoms with Crippen LogP contribution in [0.2, 0.25) is 0 Å². The van der Waals surface area contributed by atoms with Gasteiger partial charge < -0.3 is 14.7 Å². The maximum atomic E-state index is 9.64. The van der Waals surface area contributed by atoms with E-state index < -0.39 is 6.10 Å². The molecule has 5 nitrogen and oxygen atoms in total. The molecule has 1 N–H and O–H groups in total. The number of methoxy groups -OCH3 is 1. The van der Waals surface area contributed by atoms with E-state index in [0.29, 0.717) is 19.0 Å². The van der Waals surface area contributed by atoms with E-state index in [1.807, 2.05) is 4.90 Å². The van der Waals surface area contributed by atoms with Crippen LogP contribution in [0.3, 0.4) is 0 Å². The molecular weight excluding hydrogens is 262 g/mol. The van der Waals surface area contributed by atoms with Gasteiger partial charge in [-0.3, -0.25) is 0 Å². The molecule has 15 heavy (non-hydrogen) atoms. The Kier molecular flexibility index (Phi) is 3.18. The van der Waals surface area contributed by atoms with Crippen LogP contribution in [0.4, 0.5) is 5.95 Å². The Morgan fingerprint density at radius 1 is 1.47 bits per heavy atom. The van der Waals surface area contributed by atoms with Crippen molar-refractivity contribution in [1.29, 1.82) is 0 Å². The lowest BCUT2D eigenvalue weighted by Gasteiger charge is -2.14. The summed E-state index contributed by atoms with van der Waals surface area (Å²) in [6.07, 6.45) is 2.75. The fourth-order valence-corrected chi connectivity index (χ4v) is 1.83. The molecule has 82 valence electrons. The monoisotopic (exact) mass is 273 g/mol. The molecule has 1 fully saturated rings. The van der Waals surface area contributed by atoms with Crippen LogP contribution in [0.15, 0.2) is 16.9 Å². The number of halogens is 1. The highest BCUT2D eigenvalue weighted by Gasteiger charge is 2.32. The van der Waals surface area contributed by atoms with E-state index in [1.54, 1.807) is 19.5 Å². The third-order valence-corrected chi connectivity index (χ3v) is 2.84. The van der Waals surface area contributed by atoms with E-state index in [4.69, 9.17) is 4.74 Å². The highest BCUT2D eigenvalue weighted by Crippen LogP contribution is 2.18. The molecule has 1 saturated heterocycles. The first-order valence-electron chi connectivity index (χ1n) is 4.64. The van der Waals surface area contributed by atoms with Crippen LogP contribution in [0.5, 0.6) is 0 Å². The van der Waals surface area contributed by atoms with E-state index in [2.05, 4.69) is 25.9 Å². The second kappa shape index (κ2) is 4.42. The van der Waals surface area contributed by atoms with Crippen LogP contribution in [0, 0.1) is 0 Å². The molecule has 2 atom stereocenters. The van der Waals surface area contributed by atoms with Crippen molar-refractivity contribution in [1.82, 2.24) is 9.97 Å². The van der Waals surface area contributed by atoms with Gasteiger partial charge in [-0.15, -0.1) is 0 Å². The summed E-state index contributed by atoms with van der Waals surface area (Å²) in [6.45, 7) is 1.14. The lowest BCUT2D eigenvalue weighted by atomic mass is 10.3. The molecule has 2 rings (SSSR count). The van der Waals surface area contributed by atoms with Gasteiger partial charge >= 0.3 is 0 Å². The molecule has 0 radical (unpaired) electrons. The van der Waals surface area contributed by atoms with E-state index >= 15 is 0 Å². The Morgan fingerprint density at radius 2 is 2.13 bits per heavy atom. The summed E-state index contributed by atoms with van der Waals surface area (Å²) in [5, 5.41) is 9.64. The van der Waals surface area contributed by atoms with Crippen molar-refractivity contribution in [3.63, 3.8) is 0 Å². The minimum atomic E-state index is -0.470. The summed E-state index contributed by atoms with van der Waals surface area (Å²) in [5.74, 6) is 0.622. The molecule has 1 aromatic rings. The Morgan fingerprint density at radius 3 is 2.67 bits per heavy atom. The molecule has 0 saturated carbocycles. The van der Waals surface area contributed by atoms with Gasteiger partial charge in [0.05, 0.1) is 10.6 Å². The summed E-state index contributed by atoms with van der Waals surface area (Å²) < 4.78 is 5.98. The number of rotatable bonds is 2. The predicted octanol–water partition coefficient (Wildman–Crippen LogP) is 0.435. The number of aromatic nitrogens is 2. The Bertz CT molecular complexity index is 333. The lowest BCUT2D eigenvalue weighted by Crippen LogP contribution is -2.25. The second-order valence-corrected chi connectivity index (χ2v) is 4.36. The number of hydrogen-bond donors (Lipinski definition) is 1. The molecule has 0 amide bonds. The van der Waals surface area contributed by atoms with E-state index in [1.165, 1.54) is 0 Å². The summed E-state index contributed by atoms with van der Waals surface area (Å²) >= 11 is 3.27. The number of anilines is 1. The van der Waals surface area contributed by atoms with E-state index in [9.17, 15) is 5.11 Å². The second-order valence-electron chi connectivity index (χ2n) is 3.45. The highest BCUT2D eigenvalue weighted by atomic mass is 79.9. The number of hydrogen-bond acceptors (Lipinski definition) is 5. The molecule has 0 aliphatic carbocycles. The van der Waals surface area contributed by atoms with Crippen LogP contribution in [0.25, 0.3) is 0 Å². The van der Waals surface area contributed by atoms with Gasteiger partial charge in [-0.2, -0.15) is 0 Å². The van der Waals surface area contributed by atoms with Crippen molar-refractivity contribution in [3.8, 4) is 0 Å². The standard InChI is InChI=1S/C9H12BrN3O2/c1-15-8-5-13(4-7(8)14)9-11-2-6(10)3-12-9/h2-3,7-8,14H,4-5H2,1H3. The van der Waals surface area contributed by atoms with Crippen LogP contribution in [-0.4, -0.2) is 47.5 Å². The molecular formula is C9H12BrN3O2. The summed E-state index contributed by atoms with van der Waals surface area (Å²) in [6, 6.07) is 0. The SMILES string of the molecule is COC1CN(c2ncc(Br)cn2)CC1O. The molecule has 0 bridgehead atoms. The topological polar surface area (TPSA) is 58.5 Å². The van der Waals surface area contributed by atoms with Gasteiger partial charge in [0.1, 0.15) is 6.10 Å². The lowest BCUT2D eigenvalue weighted by molar-refractivity contribution is 0.0217. The average molecular weight is 274 g/mol. The summed E-state index contributed by atoms with van der Waals surface area (Å²) in [4.78, 5) is 10.2. The quantitative estimate of drug-likeness (QED) is 0.847.